The Kier molecular flexibility index (Phi) is 2.06. The van der Waals surface area contributed by atoms with E-state index in [-0.39, 0.29) is 5.78 Å². The fraction of sp³-hybridized carbons (Fsp3) is 0.385. The van der Waals surface area contributed by atoms with Crippen LogP contribution in [-0.2, 0) is 11.2 Å². The van der Waals surface area contributed by atoms with Crippen LogP contribution in [0.25, 0.3) is 11.1 Å². The molecule has 3 nitrogen and oxygen atoms in total. The number of rotatable bonds is 3. The second kappa shape index (κ2) is 3.44. The molecule has 1 fully saturated rings. The van der Waals surface area contributed by atoms with Gasteiger partial charge in [-0.05, 0) is 37.5 Å². The van der Waals surface area contributed by atoms with Crippen LogP contribution in [0.5, 0.6) is 0 Å². The number of carbonyl (C=O) groups excluding carboxylic acids is 1. The van der Waals surface area contributed by atoms with E-state index in [4.69, 9.17) is 4.42 Å². The van der Waals surface area contributed by atoms with Crippen molar-refractivity contribution in [3.63, 3.8) is 0 Å². The highest BCUT2D eigenvalue weighted by Crippen LogP contribution is 2.40. The molecule has 82 valence electrons. The van der Waals surface area contributed by atoms with Crippen LogP contribution in [0.15, 0.2) is 22.6 Å². The van der Waals surface area contributed by atoms with Crippen LogP contribution in [0, 0.1) is 0 Å². The quantitative estimate of drug-likeness (QED) is 0.790. The standard InChI is InChI=1S/C13H13NO2/c1-8(15)6-9-2-5-12-11(7-9)14-13(16-12)10-3-4-10/h2,5,7,10H,3-4,6H2,1H3. The topological polar surface area (TPSA) is 43.1 Å². The number of ketones is 1. The van der Waals surface area contributed by atoms with Gasteiger partial charge in [0.2, 0.25) is 0 Å². The van der Waals surface area contributed by atoms with Crippen molar-refractivity contribution in [2.75, 3.05) is 0 Å². The third-order valence-electron chi connectivity index (χ3n) is 2.85. The first-order valence-corrected chi connectivity index (χ1v) is 5.61. The minimum Gasteiger partial charge on any atom is -0.440 e. The van der Waals surface area contributed by atoms with E-state index in [0.29, 0.717) is 12.3 Å². The van der Waals surface area contributed by atoms with Gasteiger partial charge in [0.15, 0.2) is 11.5 Å². The van der Waals surface area contributed by atoms with Gasteiger partial charge >= 0.3 is 0 Å². The minimum absolute atomic E-state index is 0.172. The summed E-state index contributed by atoms with van der Waals surface area (Å²) in [5.74, 6) is 1.56. The molecule has 0 bridgehead atoms. The van der Waals surface area contributed by atoms with E-state index < -0.39 is 0 Å². The van der Waals surface area contributed by atoms with Crippen molar-refractivity contribution in [1.82, 2.24) is 4.98 Å². The lowest BCUT2D eigenvalue weighted by atomic mass is 10.1. The van der Waals surface area contributed by atoms with E-state index in [1.165, 1.54) is 12.8 Å². The summed E-state index contributed by atoms with van der Waals surface area (Å²) in [6.07, 6.45) is 2.85. The van der Waals surface area contributed by atoms with Crippen molar-refractivity contribution in [2.45, 2.75) is 32.1 Å². The summed E-state index contributed by atoms with van der Waals surface area (Å²) in [5.41, 5.74) is 2.71. The van der Waals surface area contributed by atoms with E-state index in [1.807, 2.05) is 18.2 Å². The van der Waals surface area contributed by atoms with Crippen molar-refractivity contribution in [2.24, 2.45) is 0 Å². The van der Waals surface area contributed by atoms with Crippen molar-refractivity contribution in [3.05, 3.63) is 29.7 Å². The molecule has 1 aliphatic carbocycles. The maximum absolute atomic E-state index is 11.0. The molecular formula is C13H13NO2. The summed E-state index contributed by atoms with van der Waals surface area (Å²) in [7, 11) is 0. The first-order chi connectivity index (χ1) is 7.72. The van der Waals surface area contributed by atoms with E-state index in [0.717, 1.165) is 22.6 Å². The average molecular weight is 215 g/mol. The maximum Gasteiger partial charge on any atom is 0.198 e. The Morgan fingerprint density at radius 2 is 2.31 bits per heavy atom. The fourth-order valence-electron chi connectivity index (χ4n) is 1.89. The van der Waals surface area contributed by atoms with Gasteiger partial charge in [-0.3, -0.25) is 4.79 Å². The predicted molar refractivity (Wildman–Crippen MR) is 60.4 cm³/mol. The van der Waals surface area contributed by atoms with Crippen LogP contribution in [0.4, 0.5) is 0 Å². The van der Waals surface area contributed by atoms with Crippen LogP contribution < -0.4 is 0 Å². The van der Waals surface area contributed by atoms with Gasteiger partial charge in [0.25, 0.3) is 0 Å². The molecule has 0 atom stereocenters. The summed E-state index contributed by atoms with van der Waals surface area (Å²) in [6.45, 7) is 1.60. The van der Waals surface area contributed by atoms with Gasteiger partial charge in [0, 0.05) is 12.3 Å². The van der Waals surface area contributed by atoms with Gasteiger partial charge in [-0.25, -0.2) is 4.98 Å². The van der Waals surface area contributed by atoms with Crippen LogP contribution in [-0.4, -0.2) is 10.8 Å². The lowest BCUT2D eigenvalue weighted by molar-refractivity contribution is -0.116. The highest BCUT2D eigenvalue weighted by Gasteiger charge is 2.28. The molecule has 0 saturated heterocycles. The molecule has 1 aromatic carbocycles. The van der Waals surface area contributed by atoms with E-state index in [1.54, 1.807) is 6.92 Å². The van der Waals surface area contributed by atoms with Crippen LogP contribution >= 0.6 is 0 Å². The number of nitrogens with zero attached hydrogens (tertiary/aromatic N) is 1. The molecule has 0 unspecified atom stereocenters. The molecule has 1 aliphatic rings. The summed E-state index contributed by atoms with van der Waals surface area (Å²) >= 11 is 0. The van der Waals surface area contributed by atoms with Gasteiger partial charge in [-0.1, -0.05) is 6.07 Å². The van der Waals surface area contributed by atoms with Gasteiger partial charge < -0.3 is 4.42 Å². The Morgan fingerprint density at radius 3 is 3.00 bits per heavy atom. The lowest BCUT2D eigenvalue weighted by Gasteiger charge is -1.95. The Morgan fingerprint density at radius 1 is 1.50 bits per heavy atom. The second-order valence-electron chi connectivity index (χ2n) is 4.51. The second-order valence-corrected chi connectivity index (χ2v) is 4.51. The number of hydrogen-bond donors (Lipinski definition) is 0. The van der Waals surface area contributed by atoms with Crippen LogP contribution in [0.2, 0.25) is 0 Å². The van der Waals surface area contributed by atoms with Crippen molar-refractivity contribution < 1.29 is 9.21 Å². The number of hydrogen-bond acceptors (Lipinski definition) is 3. The predicted octanol–water partition coefficient (Wildman–Crippen LogP) is 2.84. The number of aromatic nitrogens is 1. The molecule has 1 saturated carbocycles. The molecule has 0 radical (unpaired) electrons. The molecule has 16 heavy (non-hydrogen) atoms. The molecule has 3 heteroatoms. The van der Waals surface area contributed by atoms with Crippen LogP contribution in [0.3, 0.4) is 0 Å². The molecule has 1 heterocycles. The van der Waals surface area contributed by atoms with Gasteiger partial charge in [-0.2, -0.15) is 0 Å². The Labute approximate surface area is 93.5 Å². The smallest absolute Gasteiger partial charge is 0.198 e. The van der Waals surface area contributed by atoms with Crippen molar-refractivity contribution in [3.8, 4) is 0 Å². The molecule has 0 amide bonds. The number of carbonyl (C=O) groups is 1. The monoisotopic (exact) mass is 215 g/mol. The summed E-state index contributed by atoms with van der Waals surface area (Å²) < 4.78 is 5.66. The third kappa shape index (κ3) is 1.73. The van der Waals surface area contributed by atoms with E-state index in [2.05, 4.69) is 4.98 Å². The molecule has 1 aromatic heterocycles. The summed E-state index contributed by atoms with van der Waals surface area (Å²) in [5, 5.41) is 0. The van der Waals surface area contributed by atoms with Crippen molar-refractivity contribution in [1.29, 1.82) is 0 Å². The number of Topliss-reactive ketones (excluding diaryl/α,β-unsaturated/α-hetero) is 1. The Hall–Kier alpha value is -1.64. The number of oxazole rings is 1. The molecule has 0 aliphatic heterocycles. The van der Waals surface area contributed by atoms with Crippen LogP contribution in [0.1, 0.15) is 37.1 Å². The third-order valence-corrected chi connectivity index (χ3v) is 2.85. The molecular weight excluding hydrogens is 202 g/mol. The molecule has 0 N–H and O–H groups in total. The minimum atomic E-state index is 0.172. The first-order valence-electron chi connectivity index (χ1n) is 5.61. The van der Waals surface area contributed by atoms with E-state index >= 15 is 0 Å². The fourth-order valence-corrected chi connectivity index (χ4v) is 1.89. The Balaban J connectivity index is 1.99. The zero-order valence-electron chi connectivity index (χ0n) is 9.19. The van der Waals surface area contributed by atoms with E-state index in [9.17, 15) is 4.79 Å². The normalized spacial score (nSPS) is 15.6. The zero-order valence-corrected chi connectivity index (χ0v) is 9.19. The Bertz CT molecular complexity index is 552. The number of fused-ring (bicyclic) bond motifs is 1. The largest absolute Gasteiger partial charge is 0.440 e. The molecule has 3 rings (SSSR count). The van der Waals surface area contributed by atoms with Crippen molar-refractivity contribution >= 4 is 16.9 Å². The van der Waals surface area contributed by atoms with Gasteiger partial charge in [-0.15, -0.1) is 0 Å². The SMILES string of the molecule is CC(=O)Cc1ccc2oc(C3CC3)nc2c1. The highest BCUT2D eigenvalue weighted by atomic mass is 16.3. The highest BCUT2D eigenvalue weighted by molar-refractivity contribution is 5.80. The number of benzene rings is 1. The average Bonchev–Trinajstić information content (AvgIpc) is 2.98. The summed E-state index contributed by atoms with van der Waals surface area (Å²) in [6, 6.07) is 5.80. The first kappa shape index (κ1) is 9.58. The van der Waals surface area contributed by atoms with Gasteiger partial charge in [0.05, 0.1) is 0 Å². The van der Waals surface area contributed by atoms with Gasteiger partial charge in [0.1, 0.15) is 11.3 Å². The molecule has 2 aromatic rings. The molecule has 0 spiro atoms. The maximum atomic E-state index is 11.0. The lowest BCUT2D eigenvalue weighted by Crippen LogP contribution is -1.95. The zero-order chi connectivity index (χ0) is 11.1. The summed E-state index contributed by atoms with van der Waals surface area (Å²) in [4.78, 5) is 15.5.